The molecule has 3 heterocycles. The van der Waals surface area contributed by atoms with E-state index in [0.717, 1.165) is 10.5 Å². The van der Waals surface area contributed by atoms with Crippen molar-refractivity contribution in [2.45, 2.75) is 31.5 Å². The van der Waals surface area contributed by atoms with E-state index in [0.29, 0.717) is 53.5 Å². The molecule has 0 unspecified atom stereocenters. The van der Waals surface area contributed by atoms with Gasteiger partial charge in [0, 0.05) is 34.4 Å². The van der Waals surface area contributed by atoms with Gasteiger partial charge in [-0.1, -0.05) is 95.8 Å². The van der Waals surface area contributed by atoms with Gasteiger partial charge in [-0.3, -0.25) is 18.7 Å². The number of fused-ring (bicyclic) bond motifs is 3. The summed E-state index contributed by atoms with van der Waals surface area (Å²) in [6, 6.07) is 27.7. The maximum Gasteiger partial charge on any atom is 0.297 e. The number of imide groups is 1. The van der Waals surface area contributed by atoms with Crippen LogP contribution in [0.5, 0.6) is 23.0 Å². The fourth-order valence-corrected chi connectivity index (χ4v) is 9.10. The molecule has 0 saturated heterocycles. The summed E-state index contributed by atoms with van der Waals surface area (Å²) in [5, 5.41) is 1.27. The molecule has 3 aliphatic heterocycles. The molecule has 0 saturated carbocycles. The lowest BCUT2D eigenvalue weighted by Crippen LogP contribution is -2.43. The second kappa shape index (κ2) is 18.7. The van der Waals surface area contributed by atoms with Crippen LogP contribution in [-0.4, -0.2) is 63.7 Å². The molecule has 63 heavy (non-hydrogen) atoms. The minimum Gasteiger partial charge on any atom is -0.486 e. The van der Waals surface area contributed by atoms with E-state index in [1.165, 1.54) is 36.4 Å². The van der Waals surface area contributed by atoms with Gasteiger partial charge in [-0.05, 0) is 67.6 Å². The molecule has 0 aromatic heterocycles. The van der Waals surface area contributed by atoms with E-state index < -0.39 is 34.0 Å². The van der Waals surface area contributed by atoms with Crippen LogP contribution in [0.25, 0.3) is 22.3 Å². The summed E-state index contributed by atoms with van der Waals surface area (Å²) < 4.78 is 81.9. The fourth-order valence-electron chi connectivity index (χ4n) is 6.96. The molecule has 0 bridgehead atoms. The van der Waals surface area contributed by atoms with Gasteiger partial charge < -0.3 is 18.9 Å². The number of benzene rings is 6. The SMILES string of the molecule is C.Cc1ccc(S(=O)(=O)OC[C@H]2COc3cc(F)cc(-c4c(Cl)cccc4Cl)c3O2)cc1.O=C1c2ccccc2C(=O)N1C[C@H]1COc2cc(F)cc(-c3c(Cl)cccc3Cl)c2O1. The number of carbonyl (C=O) groups excluding carboxylic acids is 2. The highest BCUT2D eigenvalue weighted by atomic mass is 35.5. The average Bonchev–Trinajstić information content (AvgIpc) is 3.48. The molecule has 3 aliphatic rings. The maximum atomic E-state index is 14.3. The number of carbonyl (C=O) groups is 2. The average molecular weight is 958 g/mol. The Morgan fingerprint density at radius 2 is 1.08 bits per heavy atom. The lowest BCUT2D eigenvalue weighted by atomic mass is 10.0. The van der Waals surface area contributed by atoms with Crippen molar-refractivity contribution in [1.29, 1.82) is 0 Å². The van der Waals surface area contributed by atoms with E-state index in [9.17, 15) is 26.8 Å². The Hall–Kier alpha value is -5.41. The monoisotopic (exact) mass is 955 g/mol. The van der Waals surface area contributed by atoms with Crippen molar-refractivity contribution in [3.8, 4) is 45.3 Å². The number of amides is 2. The molecular weight excluding hydrogens is 922 g/mol. The van der Waals surface area contributed by atoms with Crippen LogP contribution >= 0.6 is 46.4 Å². The minimum absolute atomic E-state index is 0. The highest BCUT2D eigenvalue weighted by Gasteiger charge is 2.39. The number of halogens is 6. The molecule has 6 aromatic rings. The van der Waals surface area contributed by atoms with Gasteiger partial charge in [-0.25, -0.2) is 8.78 Å². The van der Waals surface area contributed by atoms with Crippen LogP contribution in [0.4, 0.5) is 8.78 Å². The molecule has 0 N–H and O–H groups in total. The zero-order chi connectivity index (χ0) is 43.9. The molecule has 2 amide bonds. The third-order valence-electron chi connectivity index (χ3n) is 9.91. The van der Waals surface area contributed by atoms with Crippen molar-refractivity contribution < 1.29 is 49.9 Å². The van der Waals surface area contributed by atoms with Crippen LogP contribution in [0, 0.1) is 18.6 Å². The lowest BCUT2D eigenvalue weighted by Gasteiger charge is -2.30. The van der Waals surface area contributed by atoms with E-state index in [1.807, 2.05) is 6.92 Å². The predicted molar refractivity (Wildman–Crippen MR) is 236 cm³/mol. The normalized spacial score (nSPS) is 16.1. The molecule has 17 heteroatoms. The van der Waals surface area contributed by atoms with E-state index in [1.54, 1.807) is 72.8 Å². The predicted octanol–water partition coefficient (Wildman–Crippen LogP) is 11.5. The number of ether oxygens (including phenoxy) is 4. The molecule has 6 aromatic carbocycles. The topological polar surface area (TPSA) is 118 Å². The summed E-state index contributed by atoms with van der Waals surface area (Å²) in [5.41, 5.74) is 3.07. The van der Waals surface area contributed by atoms with Gasteiger partial charge in [0.2, 0.25) is 0 Å². The van der Waals surface area contributed by atoms with Crippen molar-refractivity contribution in [3.63, 3.8) is 0 Å². The maximum absolute atomic E-state index is 14.3. The summed E-state index contributed by atoms with van der Waals surface area (Å²) in [6.45, 7) is 1.57. The van der Waals surface area contributed by atoms with Crippen molar-refractivity contribution in [2.24, 2.45) is 0 Å². The molecule has 0 spiro atoms. The van der Waals surface area contributed by atoms with Gasteiger partial charge in [0.25, 0.3) is 21.9 Å². The molecule has 0 fully saturated rings. The highest BCUT2D eigenvalue weighted by molar-refractivity contribution is 7.86. The van der Waals surface area contributed by atoms with Gasteiger partial charge in [0.1, 0.15) is 31.5 Å². The Kier molecular flexibility index (Phi) is 13.6. The summed E-state index contributed by atoms with van der Waals surface area (Å²) in [5.74, 6) is -1.02. The van der Waals surface area contributed by atoms with Crippen LogP contribution in [0.2, 0.25) is 20.1 Å². The number of rotatable bonds is 8. The summed E-state index contributed by atoms with van der Waals surface area (Å²) >= 11 is 25.2. The third kappa shape index (κ3) is 9.45. The molecule has 9 rings (SSSR count). The minimum atomic E-state index is -3.97. The zero-order valence-corrected chi connectivity index (χ0v) is 36.0. The van der Waals surface area contributed by atoms with Crippen molar-refractivity contribution in [1.82, 2.24) is 4.90 Å². The Morgan fingerprint density at radius 1 is 0.635 bits per heavy atom. The molecule has 0 aliphatic carbocycles. The smallest absolute Gasteiger partial charge is 0.297 e. The van der Waals surface area contributed by atoms with E-state index in [4.69, 9.17) is 69.5 Å². The first-order valence-electron chi connectivity index (χ1n) is 18.7. The summed E-state index contributed by atoms with van der Waals surface area (Å²) in [4.78, 5) is 26.5. The first-order chi connectivity index (χ1) is 29.7. The number of hydrogen-bond donors (Lipinski definition) is 0. The summed E-state index contributed by atoms with van der Waals surface area (Å²) in [6.07, 6.45) is -1.40. The van der Waals surface area contributed by atoms with Crippen LogP contribution in [0.15, 0.2) is 114 Å². The van der Waals surface area contributed by atoms with Crippen LogP contribution in [0.1, 0.15) is 33.7 Å². The van der Waals surface area contributed by atoms with Crippen LogP contribution < -0.4 is 18.9 Å². The van der Waals surface area contributed by atoms with Crippen molar-refractivity contribution in [3.05, 3.63) is 158 Å². The highest BCUT2D eigenvalue weighted by Crippen LogP contribution is 2.48. The Bertz CT molecular complexity index is 2790. The largest absolute Gasteiger partial charge is 0.486 e. The van der Waals surface area contributed by atoms with Gasteiger partial charge in [0.05, 0.1) is 42.7 Å². The van der Waals surface area contributed by atoms with Gasteiger partial charge in [0.15, 0.2) is 35.2 Å². The van der Waals surface area contributed by atoms with E-state index in [2.05, 4.69) is 0 Å². The number of hydrogen-bond acceptors (Lipinski definition) is 9. The second-order valence-electron chi connectivity index (χ2n) is 14.2. The van der Waals surface area contributed by atoms with Crippen LogP contribution in [0.3, 0.4) is 0 Å². The summed E-state index contributed by atoms with van der Waals surface area (Å²) in [7, 11) is -3.97. The number of aryl methyl sites for hydroxylation is 1. The molecule has 326 valence electrons. The Balaban J connectivity index is 0.000000186. The Labute approximate surface area is 381 Å². The van der Waals surface area contributed by atoms with Crippen LogP contribution in [-0.2, 0) is 14.3 Å². The first-order valence-corrected chi connectivity index (χ1v) is 21.7. The first kappa shape index (κ1) is 45.6. The number of nitrogens with zero attached hydrogens (tertiary/aromatic N) is 1. The van der Waals surface area contributed by atoms with Gasteiger partial charge in [-0.15, -0.1) is 0 Å². The molecule has 10 nitrogen and oxygen atoms in total. The van der Waals surface area contributed by atoms with Gasteiger partial charge in [-0.2, -0.15) is 8.42 Å². The van der Waals surface area contributed by atoms with E-state index in [-0.39, 0.29) is 73.5 Å². The van der Waals surface area contributed by atoms with E-state index >= 15 is 0 Å². The quantitative estimate of drug-likeness (QED) is 0.109. The zero-order valence-electron chi connectivity index (χ0n) is 32.2. The van der Waals surface area contributed by atoms with Gasteiger partial charge >= 0.3 is 0 Å². The molecule has 2 atom stereocenters. The molecule has 0 radical (unpaired) electrons. The third-order valence-corrected chi connectivity index (χ3v) is 12.5. The second-order valence-corrected chi connectivity index (χ2v) is 17.4. The fraction of sp³-hybridized carbons (Fsp3) is 0.174. The van der Waals surface area contributed by atoms with Crippen molar-refractivity contribution >= 4 is 68.3 Å². The molecular formula is C46H35Cl4F2NO9S. The Morgan fingerprint density at radius 3 is 1.56 bits per heavy atom. The lowest BCUT2D eigenvalue weighted by molar-refractivity contribution is 0.0431. The standard InChI is InChI=1S/C23H14Cl2FNO4.C22H17Cl2FO5S.CH4/c24-17-6-3-7-18(25)20(17)16-8-12(26)9-19-21(16)31-13(11-30-19)10-27-22(28)14-4-1-2-5-15(14)23(27)29;1-13-5-7-16(8-6-13)31(26,27)29-12-15-11-28-20-10-14(25)9-17(22(20)30-15)21-18(23)3-2-4-19(21)24;/h1-9,13H,10-11H2;2-10,15H,11-12H2,1H3;1H4/t13-;15-;/m01./s1. The van der Waals surface area contributed by atoms with Crippen molar-refractivity contribution in [2.75, 3.05) is 26.4 Å².